The molecule has 2 heterocycles. The summed E-state index contributed by atoms with van der Waals surface area (Å²) < 4.78 is 27.0. The monoisotopic (exact) mass is 421 g/mol. The molecule has 1 aromatic heterocycles. The molecular weight excluding hydrogens is 398 g/mol. The highest BCUT2D eigenvalue weighted by Crippen LogP contribution is 2.22. The number of rotatable bonds is 5. The number of hydrogen-bond donors (Lipinski definition) is 1. The molecule has 0 aliphatic carbocycles. The minimum Gasteiger partial charge on any atom is -0.351 e. The summed E-state index contributed by atoms with van der Waals surface area (Å²) in [7, 11) is -3.55. The zero-order valence-electron chi connectivity index (χ0n) is 15.8. The molecule has 0 saturated carbocycles. The number of piperazine rings is 1. The molecule has 0 atom stereocenters. The summed E-state index contributed by atoms with van der Waals surface area (Å²) in [4.78, 5) is 27.1. The van der Waals surface area contributed by atoms with Crippen LogP contribution in [0.2, 0.25) is 0 Å². The average molecular weight is 422 g/mol. The van der Waals surface area contributed by atoms with Crippen LogP contribution in [0.5, 0.6) is 0 Å². The van der Waals surface area contributed by atoms with Crippen LogP contribution in [-0.4, -0.2) is 55.6 Å². The fraction of sp³-hybridized carbons (Fsp3) is 0.368. The van der Waals surface area contributed by atoms with Crippen molar-refractivity contribution in [3.8, 4) is 0 Å². The van der Waals surface area contributed by atoms with Gasteiger partial charge in [-0.15, -0.1) is 11.3 Å². The van der Waals surface area contributed by atoms with Crippen LogP contribution in [0.1, 0.15) is 27.0 Å². The van der Waals surface area contributed by atoms with Gasteiger partial charge in [-0.3, -0.25) is 9.59 Å². The molecule has 150 valence electrons. The smallest absolute Gasteiger partial charge is 0.264 e. The minimum atomic E-state index is -3.55. The zero-order valence-corrected chi connectivity index (χ0v) is 17.5. The SMILES string of the molecule is CC(=O)NCc1ccc(C(=O)N2CCN(S(=O)(=O)c3ccc(C)cc3)CC2)s1. The summed E-state index contributed by atoms with van der Waals surface area (Å²) in [6.07, 6.45) is 0. The quantitative estimate of drug-likeness (QED) is 0.798. The third-order valence-corrected chi connectivity index (χ3v) is 7.55. The molecule has 0 radical (unpaired) electrons. The molecular formula is C19H23N3O4S2. The van der Waals surface area contributed by atoms with E-state index in [0.717, 1.165) is 10.4 Å². The van der Waals surface area contributed by atoms with Crippen LogP contribution in [0.25, 0.3) is 0 Å². The largest absolute Gasteiger partial charge is 0.351 e. The highest BCUT2D eigenvalue weighted by molar-refractivity contribution is 7.89. The standard InChI is InChI=1S/C19H23N3O4S2/c1-14-3-6-17(7-4-14)28(25,26)22-11-9-21(10-12-22)19(24)18-8-5-16(27-18)13-20-15(2)23/h3-8H,9-13H2,1-2H3,(H,20,23). The van der Waals surface area contributed by atoms with Crippen LogP contribution in [0.4, 0.5) is 0 Å². The Labute approximate surface area is 169 Å². The Morgan fingerprint density at radius 1 is 1.04 bits per heavy atom. The number of benzene rings is 1. The maximum absolute atomic E-state index is 12.8. The van der Waals surface area contributed by atoms with Crippen LogP contribution in [-0.2, 0) is 21.4 Å². The molecule has 1 aliphatic rings. The first-order valence-electron chi connectivity index (χ1n) is 8.96. The molecule has 2 amide bonds. The van der Waals surface area contributed by atoms with E-state index in [-0.39, 0.29) is 29.8 Å². The lowest BCUT2D eigenvalue weighted by atomic mass is 10.2. The fourth-order valence-electron chi connectivity index (χ4n) is 2.95. The van der Waals surface area contributed by atoms with E-state index >= 15 is 0 Å². The first-order chi connectivity index (χ1) is 13.3. The summed E-state index contributed by atoms with van der Waals surface area (Å²) in [6.45, 7) is 5.00. The van der Waals surface area contributed by atoms with Crippen molar-refractivity contribution in [1.29, 1.82) is 0 Å². The van der Waals surface area contributed by atoms with Gasteiger partial charge < -0.3 is 10.2 Å². The summed E-state index contributed by atoms with van der Waals surface area (Å²) in [5.74, 6) is -0.223. The van der Waals surface area contributed by atoms with Crippen molar-refractivity contribution in [3.63, 3.8) is 0 Å². The third-order valence-electron chi connectivity index (χ3n) is 4.57. The second-order valence-electron chi connectivity index (χ2n) is 6.69. The average Bonchev–Trinajstić information content (AvgIpc) is 3.15. The molecule has 9 heteroatoms. The van der Waals surface area contributed by atoms with Gasteiger partial charge in [-0.25, -0.2) is 8.42 Å². The molecule has 1 aliphatic heterocycles. The molecule has 1 saturated heterocycles. The number of nitrogens with zero attached hydrogens (tertiary/aromatic N) is 2. The maximum Gasteiger partial charge on any atom is 0.264 e. The van der Waals surface area contributed by atoms with Crippen molar-refractivity contribution in [2.24, 2.45) is 0 Å². The van der Waals surface area contributed by atoms with E-state index in [1.165, 1.54) is 22.6 Å². The number of nitrogens with one attached hydrogen (secondary N) is 1. The summed E-state index contributed by atoms with van der Waals surface area (Å²) in [6, 6.07) is 10.4. The molecule has 7 nitrogen and oxygen atoms in total. The minimum absolute atomic E-state index is 0.105. The number of hydrogen-bond acceptors (Lipinski definition) is 5. The second kappa shape index (κ2) is 8.42. The van der Waals surface area contributed by atoms with Crippen LogP contribution in [0, 0.1) is 6.92 Å². The molecule has 2 aromatic rings. The van der Waals surface area contributed by atoms with Crippen molar-refractivity contribution in [1.82, 2.24) is 14.5 Å². The van der Waals surface area contributed by atoms with E-state index in [2.05, 4.69) is 5.32 Å². The highest BCUT2D eigenvalue weighted by atomic mass is 32.2. The fourth-order valence-corrected chi connectivity index (χ4v) is 5.28. The van der Waals surface area contributed by atoms with Gasteiger partial charge in [0.15, 0.2) is 0 Å². The van der Waals surface area contributed by atoms with E-state index in [1.807, 2.05) is 13.0 Å². The lowest BCUT2D eigenvalue weighted by Gasteiger charge is -2.33. The van der Waals surface area contributed by atoms with Gasteiger partial charge >= 0.3 is 0 Å². The Balaban J connectivity index is 1.61. The van der Waals surface area contributed by atoms with Crippen LogP contribution in [0.3, 0.4) is 0 Å². The number of carbonyl (C=O) groups is 2. The Kier molecular flexibility index (Phi) is 6.17. The molecule has 1 aromatic carbocycles. The predicted molar refractivity (Wildman–Crippen MR) is 108 cm³/mol. The third kappa shape index (κ3) is 4.60. The van der Waals surface area contributed by atoms with Gasteiger partial charge in [0.2, 0.25) is 15.9 Å². The van der Waals surface area contributed by atoms with Gasteiger partial charge in [0, 0.05) is 38.0 Å². The maximum atomic E-state index is 12.8. The van der Waals surface area contributed by atoms with Gasteiger partial charge in [0.25, 0.3) is 5.91 Å². The topological polar surface area (TPSA) is 86.8 Å². The normalized spacial score (nSPS) is 15.4. The molecule has 3 rings (SSSR count). The van der Waals surface area contributed by atoms with Gasteiger partial charge in [-0.05, 0) is 31.2 Å². The van der Waals surface area contributed by atoms with Crippen LogP contribution < -0.4 is 5.32 Å². The predicted octanol–water partition coefficient (Wildman–Crippen LogP) is 1.84. The van der Waals surface area contributed by atoms with Crippen molar-refractivity contribution >= 4 is 33.2 Å². The van der Waals surface area contributed by atoms with E-state index < -0.39 is 10.0 Å². The molecule has 1 N–H and O–H groups in total. The molecule has 28 heavy (non-hydrogen) atoms. The van der Waals surface area contributed by atoms with Gasteiger partial charge in [0.1, 0.15) is 0 Å². The van der Waals surface area contributed by atoms with Crippen molar-refractivity contribution in [2.45, 2.75) is 25.3 Å². The van der Waals surface area contributed by atoms with E-state index in [4.69, 9.17) is 0 Å². The van der Waals surface area contributed by atoms with Gasteiger partial charge in [0.05, 0.1) is 16.3 Å². The zero-order chi connectivity index (χ0) is 20.3. The second-order valence-corrected chi connectivity index (χ2v) is 9.79. The molecule has 0 bridgehead atoms. The van der Waals surface area contributed by atoms with Crippen molar-refractivity contribution < 1.29 is 18.0 Å². The number of carbonyl (C=O) groups excluding carboxylic acids is 2. The Bertz CT molecular complexity index is 959. The molecule has 1 fully saturated rings. The van der Waals surface area contributed by atoms with Crippen LogP contribution >= 0.6 is 11.3 Å². The number of thiophene rings is 1. The van der Waals surface area contributed by atoms with E-state index in [9.17, 15) is 18.0 Å². The number of amides is 2. The summed E-state index contributed by atoms with van der Waals surface area (Å²) in [5.41, 5.74) is 1.00. The van der Waals surface area contributed by atoms with Crippen LogP contribution in [0.15, 0.2) is 41.3 Å². The first kappa shape index (κ1) is 20.5. The van der Waals surface area contributed by atoms with E-state index in [1.54, 1.807) is 35.2 Å². The molecule has 0 spiro atoms. The highest BCUT2D eigenvalue weighted by Gasteiger charge is 2.30. The van der Waals surface area contributed by atoms with Crippen molar-refractivity contribution in [3.05, 3.63) is 51.7 Å². The Morgan fingerprint density at radius 3 is 2.29 bits per heavy atom. The Morgan fingerprint density at radius 2 is 1.68 bits per heavy atom. The summed E-state index contributed by atoms with van der Waals surface area (Å²) in [5, 5.41) is 2.71. The van der Waals surface area contributed by atoms with Gasteiger partial charge in [-0.2, -0.15) is 4.31 Å². The van der Waals surface area contributed by atoms with E-state index in [0.29, 0.717) is 24.5 Å². The van der Waals surface area contributed by atoms with Gasteiger partial charge in [-0.1, -0.05) is 17.7 Å². The first-order valence-corrected chi connectivity index (χ1v) is 11.2. The molecule has 0 unspecified atom stereocenters. The lowest BCUT2D eigenvalue weighted by molar-refractivity contribution is -0.119. The number of aryl methyl sites for hydroxylation is 1. The number of sulfonamides is 1. The van der Waals surface area contributed by atoms with Crippen molar-refractivity contribution in [2.75, 3.05) is 26.2 Å². The summed E-state index contributed by atoms with van der Waals surface area (Å²) >= 11 is 1.34. The Hall–Kier alpha value is -2.23. The lowest BCUT2D eigenvalue weighted by Crippen LogP contribution is -2.50.